The molecular formula is C7H7ClNNaO2S. The molecule has 0 aliphatic carbocycles. The summed E-state index contributed by atoms with van der Waals surface area (Å²) in [6, 6.07) is 4.21. The van der Waals surface area contributed by atoms with Crippen LogP contribution in [0.5, 0.6) is 0 Å². The Bertz CT molecular complexity index is 405. The summed E-state index contributed by atoms with van der Waals surface area (Å²) in [6.07, 6.45) is 0. The van der Waals surface area contributed by atoms with Crippen LogP contribution in [0, 0.1) is 6.92 Å². The number of hydrogen-bond acceptors (Lipinski definition) is 2. The van der Waals surface area contributed by atoms with E-state index in [1.807, 2.05) is 0 Å². The van der Waals surface area contributed by atoms with Crippen LogP contribution >= 0.6 is 11.6 Å². The minimum absolute atomic E-state index is 0. The first-order valence-corrected chi connectivity index (χ1v) is 5.03. The number of nitrogens with one attached hydrogen (secondary N) is 1. The number of hydrogen-bond donors (Lipinski definition) is 0. The summed E-state index contributed by atoms with van der Waals surface area (Å²) in [7, 11) is -3.88. The molecule has 0 amide bonds. The monoisotopic (exact) mass is 227 g/mol. The molecule has 0 aromatic heterocycles. The molecule has 0 heterocycles. The summed E-state index contributed by atoms with van der Waals surface area (Å²) in [5, 5.41) is 7.12. The third-order valence-corrected chi connectivity index (χ3v) is 2.74. The molecule has 0 aliphatic rings. The van der Waals surface area contributed by atoms with Crippen molar-refractivity contribution in [2.24, 2.45) is 0 Å². The quantitative estimate of drug-likeness (QED) is 0.602. The number of rotatable bonds is 1. The summed E-state index contributed by atoms with van der Waals surface area (Å²) in [5.41, 5.74) is 0.795. The van der Waals surface area contributed by atoms with E-state index in [4.69, 9.17) is 16.7 Å². The topological polar surface area (TPSA) is 57.9 Å². The number of halogens is 1. The average molecular weight is 228 g/mol. The van der Waals surface area contributed by atoms with Crippen LogP contribution in [0.1, 0.15) is 5.56 Å². The third-order valence-electron chi connectivity index (χ3n) is 1.45. The Labute approximate surface area is 105 Å². The molecule has 0 saturated carbocycles. The fourth-order valence-corrected chi connectivity index (χ4v) is 1.51. The van der Waals surface area contributed by atoms with Crippen molar-refractivity contribution in [3.8, 4) is 0 Å². The molecule has 1 rings (SSSR count). The Balaban J connectivity index is 0.00000144. The van der Waals surface area contributed by atoms with Crippen molar-refractivity contribution in [3.63, 3.8) is 0 Å². The summed E-state index contributed by atoms with van der Waals surface area (Å²) in [6.45, 7) is 1.77. The molecule has 0 atom stereocenters. The van der Waals surface area contributed by atoms with E-state index in [0.717, 1.165) is 5.56 Å². The van der Waals surface area contributed by atoms with Gasteiger partial charge in [-0.3, -0.25) is 0 Å². The van der Waals surface area contributed by atoms with Gasteiger partial charge in [-0.1, -0.05) is 17.7 Å². The molecule has 3 nitrogen and oxygen atoms in total. The van der Waals surface area contributed by atoms with Crippen molar-refractivity contribution in [2.45, 2.75) is 11.8 Å². The smallest absolute Gasteiger partial charge is 0.560 e. The minimum Gasteiger partial charge on any atom is -0.560 e. The molecule has 0 fully saturated rings. The van der Waals surface area contributed by atoms with Gasteiger partial charge in [-0.15, -0.1) is 0 Å². The van der Waals surface area contributed by atoms with Gasteiger partial charge in [0.1, 0.15) is 0 Å². The maximum atomic E-state index is 10.7. The van der Waals surface area contributed by atoms with Crippen molar-refractivity contribution in [2.75, 3.05) is 0 Å². The van der Waals surface area contributed by atoms with Gasteiger partial charge in [0, 0.05) is 9.92 Å². The van der Waals surface area contributed by atoms with Crippen molar-refractivity contribution in [1.29, 1.82) is 0 Å². The van der Waals surface area contributed by atoms with E-state index >= 15 is 0 Å². The largest absolute Gasteiger partial charge is 1.00 e. The van der Waals surface area contributed by atoms with Gasteiger partial charge in [0.2, 0.25) is 0 Å². The second-order valence-electron chi connectivity index (χ2n) is 2.41. The second-order valence-corrected chi connectivity index (χ2v) is 4.30. The second kappa shape index (κ2) is 4.77. The van der Waals surface area contributed by atoms with Crippen LogP contribution in [0.2, 0.25) is 5.02 Å². The van der Waals surface area contributed by atoms with Gasteiger partial charge in [-0.2, -0.15) is 0 Å². The van der Waals surface area contributed by atoms with Crippen molar-refractivity contribution < 1.29 is 38.0 Å². The predicted octanol–water partition coefficient (Wildman–Crippen LogP) is -0.607. The molecular weight excluding hydrogens is 221 g/mol. The molecule has 0 bridgehead atoms. The molecule has 13 heavy (non-hydrogen) atoms. The molecule has 0 saturated heterocycles. The minimum atomic E-state index is -3.88. The zero-order valence-electron chi connectivity index (χ0n) is 7.33. The van der Waals surface area contributed by atoms with Gasteiger partial charge in [0.25, 0.3) is 0 Å². The van der Waals surface area contributed by atoms with E-state index in [0.29, 0.717) is 5.02 Å². The van der Waals surface area contributed by atoms with Gasteiger partial charge in [-0.05, 0) is 24.6 Å². The molecule has 1 aromatic carbocycles. The van der Waals surface area contributed by atoms with Crippen molar-refractivity contribution in [3.05, 3.63) is 33.9 Å². The molecule has 0 unspecified atom stereocenters. The fourth-order valence-electron chi connectivity index (χ4n) is 0.741. The number of aryl methyl sites for hydroxylation is 1. The predicted molar refractivity (Wildman–Crippen MR) is 47.7 cm³/mol. The van der Waals surface area contributed by atoms with Crippen LogP contribution in [-0.4, -0.2) is 8.42 Å². The van der Waals surface area contributed by atoms with Crippen molar-refractivity contribution in [1.82, 2.24) is 0 Å². The first-order valence-electron chi connectivity index (χ1n) is 3.17. The Hall–Kier alpha value is 0.420. The maximum absolute atomic E-state index is 10.7. The molecule has 0 aliphatic heterocycles. The Kier molecular flexibility index (Phi) is 4.93. The van der Waals surface area contributed by atoms with Gasteiger partial charge < -0.3 is 5.14 Å². The molecule has 1 N–H and O–H groups in total. The summed E-state index contributed by atoms with van der Waals surface area (Å²) in [4.78, 5) is -0.0712. The van der Waals surface area contributed by atoms with Crippen LogP contribution in [-0.2, 0) is 10.0 Å². The first-order chi connectivity index (χ1) is 5.41. The van der Waals surface area contributed by atoms with Crippen molar-refractivity contribution >= 4 is 21.6 Å². The van der Waals surface area contributed by atoms with Gasteiger partial charge in [-0.25, -0.2) is 8.42 Å². The zero-order valence-corrected chi connectivity index (χ0v) is 10.9. The van der Waals surface area contributed by atoms with E-state index in [9.17, 15) is 8.42 Å². The maximum Gasteiger partial charge on any atom is 1.00 e. The van der Waals surface area contributed by atoms with Crippen LogP contribution in [0.25, 0.3) is 5.14 Å². The SMILES string of the molecule is Cc1ccc(S([NH-])(=O)=O)cc1Cl.[Na+]. The van der Waals surface area contributed by atoms with E-state index < -0.39 is 10.0 Å². The molecule has 6 heteroatoms. The van der Waals surface area contributed by atoms with E-state index in [2.05, 4.69) is 0 Å². The standard InChI is InChI=1S/C7H7ClNO2S.Na/c1-5-2-3-6(4-7(5)8)12(9,10)11;/h2-4H,1H3,(H-,9,10,11);/q-1;+1. The van der Waals surface area contributed by atoms with E-state index in [1.54, 1.807) is 13.0 Å². The number of benzene rings is 1. The van der Waals surface area contributed by atoms with Gasteiger partial charge in [0.05, 0.1) is 10.0 Å². The summed E-state index contributed by atoms with van der Waals surface area (Å²) in [5.74, 6) is 0. The fraction of sp³-hybridized carbons (Fsp3) is 0.143. The van der Waals surface area contributed by atoms with Crippen LogP contribution < -0.4 is 29.6 Å². The normalized spacial score (nSPS) is 10.7. The van der Waals surface area contributed by atoms with Crippen LogP contribution in [0.3, 0.4) is 0 Å². The summed E-state index contributed by atoms with van der Waals surface area (Å²) >= 11 is 5.67. The van der Waals surface area contributed by atoms with Crippen LogP contribution in [0.4, 0.5) is 0 Å². The van der Waals surface area contributed by atoms with E-state index in [1.165, 1.54) is 12.1 Å². The summed E-state index contributed by atoms with van der Waals surface area (Å²) < 4.78 is 21.4. The van der Waals surface area contributed by atoms with Gasteiger partial charge in [0.15, 0.2) is 0 Å². The zero-order chi connectivity index (χ0) is 9.35. The van der Waals surface area contributed by atoms with Gasteiger partial charge >= 0.3 is 29.6 Å². The molecule has 66 valence electrons. The Morgan fingerprint density at radius 3 is 2.31 bits per heavy atom. The Morgan fingerprint density at radius 1 is 1.38 bits per heavy atom. The molecule has 0 spiro atoms. The average Bonchev–Trinajstić information content (AvgIpc) is 1.92. The molecule has 0 radical (unpaired) electrons. The van der Waals surface area contributed by atoms with Crippen LogP contribution in [0.15, 0.2) is 23.1 Å². The third kappa shape index (κ3) is 3.58. The van der Waals surface area contributed by atoms with E-state index in [-0.39, 0.29) is 34.5 Å². The Morgan fingerprint density at radius 2 is 1.92 bits per heavy atom. The first kappa shape index (κ1) is 13.4. The number of sulfonamides is 1. The molecule has 1 aromatic rings.